The number of carboxylic acids is 1. The van der Waals surface area contributed by atoms with E-state index in [1.807, 2.05) is 0 Å². The number of carboxylic acid groups (broad SMARTS) is 1. The van der Waals surface area contributed by atoms with Crippen molar-refractivity contribution in [3.05, 3.63) is 39.9 Å². The number of aliphatic carboxylic acids is 1. The molecule has 0 radical (unpaired) electrons. The standard InChI is InChI=1S/C13H18N2O6S/c1-10(13(16)17)9-14(2)22(20,21)8-7-11-3-5-12(6-4-11)15(18)19/h3-6,10H,7-9H2,1-2H3,(H,16,17). The van der Waals surface area contributed by atoms with Crippen LogP contribution in [0, 0.1) is 16.0 Å². The van der Waals surface area contributed by atoms with Crippen molar-refractivity contribution in [1.29, 1.82) is 0 Å². The monoisotopic (exact) mass is 330 g/mol. The zero-order chi connectivity index (χ0) is 16.9. The molecule has 0 spiro atoms. The van der Waals surface area contributed by atoms with Gasteiger partial charge < -0.3 is 5.11 Å². The van der Waals surface area contributed by atoms with E-state index >= 15 is 0 Å². The van der Waals surface area contributed by atoms with Crippen molar-refractivity contribution in [2.45, 2.75) is 13.3 Å². The number of benzene rings is 1. The molecular formula is C13H18N2O6S. The second kappa shape index (κ2) is 7.32. The van der Waals surface area contributed by atoms with E-state index in [0.717, 1.165) is 4.31 Å². The molecule has 0 aromatic heterocycles. The van der Waals surface area contributed by atoms with Gasteiger partial charge in [-0.05, 0) is 12.0 Å². The van der Waals surface area contributed by atoms with Crippen LogP contribution >= 0.6 is 0 Å². The first-order valence-electron chi connectivity index (χ1n) is 6.53. The first-order chi connectivity index (χ1) is 10.1. The van der Waals surface area contributed by atoms with Crippen molar-refractivity contribution in [3.63, 3.8) is 0 Å². The van der Waals surface area contributed by atoms with Crippen LogP contribution in [0.15, 0.2) is 24.3 Å². The largest absolute Gasteiger partial charge is 0.481 e. The highest BCUT2D eigenvalue weighted by atomic mass is 32.2. The van der Waals surface area contributed by atoms with E-state index in [4.69, 9.17) is 5.11 Å². The number of rotatable bonds is 8. The number of hydrogen-bond donors (Lipinski definition) is 1. The van der Waals surface area contributed by atoms with Crippen molar-refractivity contribution in [3.8, 4) is 0 Å². The summed E-state index contributed by atoms with van der Waals surface area (Å²) in [6.45, 7) is 1.34. The zero-order valence-electron chi connectivity index (χ0n) is 12.3. The molecule has 1 rings (SSSR count). The molecule has 0 fully saturated rings. The van der Waals surface area contributed by atoms with Gasteiger partial charge in [-0.25, -0.2) is 12.7 Å². The molecule has 0 heterocycles. The van der Waals surface area contributed by atoms with Crippen LogP contribution in [0.5, 0.6) is 0 Å². The third-order valence-corrected chi connectivity index (χ3v) is 5.04. The number of nitro groups is 1. The van der Waals surface area contributed by atoms with Gasteiger partial charge in [0.2, 0.25) is 10.0 Å². The average molecular weight is 330 g/mol. The number of non-ortho nitro benzene ring substituents is 1. The van der Waals surface area contributed by atoms with E-state index < -0.39 is 26.8 Å². The minimum Gasteiger partial charge on any atom is -0.481 e. The van der Waals surface area contributed by atoms with E-state index in [2.05, 4.69) is 0 Å². The quantitative estimate of drug-likeness (QED) is 0.563. The number of nitro benzene ring substituents is 1. The van der Waals surface area contributed by atoms with Gasteiger partial charge in [-0.1, -0.05) is 19.1 Å². The summed E-state index contributed by atoms with van der Waals surface area (Å²) < 4.78 is 25.1. The number of hydrogen-bond acceptors (Lipinski definition) is 5. The minimum absolute atomic E-state index is 0.0565. The molecule has 122 valence electrons. The Bertz CT molecular complexity index is 641. The second-order valence-electron chi connectivity index (χ2n) is 5.01. The molecular weight excluding hydrogens is 312 g/mol. The van der Waals surface area contributed by atoms with Crippen LogP contribution in [0.25, 0.3) is 0 Å². The van der Waals surface area contributed by atoms with Crippen LogP contribution in [-0.4, -0.2) is 48.1 Å². The summed E-state index contributed by atoms with van der Waals surface area (Å²) in [5.41, 5.74) is 0.605. The van der Waals surface area contributed by atoms with Gasteiger partial charge in [0, 0.05) is 25.7 Å². The highest BCUT2D eigenvalue weighted by Crippen LogP contribution is 2.13. The topological polar surface area (TPSA) is 118 Å². The molecule has 0 saturated heterocycles. The summed E-state index contributed by atoms with van der Waals surface area (Å²) in [6, 6.07) is 5.65. The molecule has 0 amide bonds. The lowest BCUT2D eigenvalue weighted by atomic mass is 10.1. The Morgan fingerprint density at radius 3 is 2.36 bits per heavy atom. The molecule has 1 aromatic rings. The van der Waals surface area contributed by atoms with Gasteiger partial charge in [-0.3, -0.25) is 14.9 Å². The van der Waals surface area contributed by atoms with Crippen molar-refractivity contribution < 1.29 is 23.2 Å². The Morgan fingerprint density at radius 2 is 1.91 bits per heavy atom. The molecule has 1 aromatic carbocycles. The smallest absolute Gasteiger partial charge is 0.307 e. The van der Waals surface area contributed by atoms with Crippen molar-refractivity contribution in [2.75, 3.05) is 19.3 Å². The maximum atomic E-state index is 12.1. The van der Waals surface area contributed by atoms with E-state index in [1.54, 1.807) is 0 Å². The predicted octanol–water partition coefficient (Wildman–Crippen LogP) is 1.12. The summed E-state index contributed by atoms with van der Waals surface area (Å²) >= 11 is 0. The summed E-state index contributed by atoms with van der Waals surface area (Å²) in [6.07, 6.45) is 0.201. The Hall–Kier alpha value is -2.00. The molecule has 22 heavy (non-hydrogen) atoms. The normalized spacial score (nSPS) is 13.0. The number of nitrogens with zero attached hydrogens (tertiary/aromatic N) is 2. The fraction of sp³-hybridized carbons (Fsp3) is 0.462. The Labute approximate surface area is 128 Å². The van der Waals surface area contributed by atoms with Crippen LogP contribution in [0.3, 0.4) is 0 Å². The zero-order valence-corrected chi connectivity index (χ0v) is 13.1. The van der Waals surface area contributed by atoms with E-state index in [-0.39, 0.29) is 24.4 Å². The predicted molar refractivity (Wildman–Crippen MR) is 80.0 cm³/mol. The Balaban J connectivity index is 2.65. The lowest BCUT2D eigenvalue weighted by molar-refractivity contribution is -0.384. The van der Waals surface area contributed by atoms with Crippen molar-refractivity contribution in [1.82, 2.24) is 4.31 Å². The molecule has 0 aliphatic rings. The SMILES string of the molecule is CC(CN(C)S(=O)(=O)CCc1ccc([N+](=O)[O-])cc1)C(=O)O. The Morgan fingerprint density at radius 1 is 1.36 bits per heavy atom. The summed E-state index contributed by atoms with van der Waals surface area (Å²) in [4.78, 5) is 20.8. The molecule has 0 aliphatic carbocycles. The van der Waals surface area contributed by atoms with Crippen LogP contribution in [0.4, 0.5) is 5.69 Å². The van der Waals surface area contributed by atoms with E-state index in [1.165, 1.54) is 38.2 Å². The summed E-state index contributed by atoms with van der Waals surface area (Å²) in [5, 5.41) is 19.3. The maximum absolute atomic E-state index is 12.1. The van der Waals surface area contributed by atoms with Gasteiger partial charge >= 0.3 is 5.97 Å². The first-order valence-corrected chi connectivity index (χ1v) is 8.14. The van der Waals surface area contributed by atoms with Gasteiger partial charge in [0.15, 0.2) is 0 Å². The Kier molecular flexibility index (Phi) is 6.01. The number of carbonyl (C=O) groups is 1. The fourth-order valence-corrected chi connectivity index (χ4v) is 3.02. The van der Waals surface area contributed by atoms with Gasteiger partial charge in [0.25, 0.3) is 5.69 Å². The van der Waals surface area contributed by atoms with Crippen LogP contribution in [0.2, 0.25) is 0 Å². The van der Waals surface area contributed by atoms with Crippen LogP contribution in [0.1, 0.15) is 12.5 Å². The molecule has 0 aliphatic heterocycles. The lowest BCUT2D eigenvalue weighted by Crippen LogP contribution is -2.35. The fourth-order valence-electron chi connectivity index (χ4n) is 1.76. The maximum Gasteiger partial charge on any atom is 0.307 e. The minimum atomic E-state index is -3.58. The number of aryl methyl sites for hydroxylation is 1. The summed E-state index contributed by atoms with van der Waals surface area (Å²) in [7, 11) is -2.24. The third kappa shape index (κ3) is 5.08. The van der Waals surface area contributed by atoms with Gasteiger partial charge in [-0.15, -0.1) is 0 Å². The highest BCUT2D eigenvalue weighted by Gasteiger charge is 2.22. The molecule has 1 atom stereocenters. The molecule has 0 bridgehead atoms. The first kappa shape index (κ1) is 18.1. The van der Waals surface area contributed by atoms with Gasteiger partial charge in [0.1, 0.15) is 0 Å². The van der Waals surface area contributed by atoms with Crippen molar-refractivity contribution in [2.24, 2.45) is 5.92 Å². The average Bonchev–Trinajstić information content (AvgIpc) is 2.45. The van der Waals surface area contributed by atoms with E-state index in [0.29, 0.717) is 5.56 Å². The van der Waals surface area contributed by atoms with Gasteiger partial charge in [0.05, 0.1) is 16.6 Å². The molecule has 1 unspecified atom stereocenters. The number of sulfonamides is 1. The molecule has 1 N–H and O–H groups in total. The third-order valence-electron chi connectivity index (χ3n) is 3.22. The van der Waals surface area contributed by atoms with Crippen LogP contribution < -0.4 is 0 Å². The highest BCUT2D eigenvalue weighted by molar-refractivity contribution is 7.89. The van der Waals surface area contributed by atoms with E-state index in [9.17, 15) is 23.3 Å². The molecule has 9 heteroatoms. The summed E-state index contributed by atoms with van der Waals surface area (Å²) in [5.74, 6) is -2.04. The van der Waals surface area contributed by atoms with Crippen molar-refractivity contribution >= 4 is 21.7 Å². The lowest BCUT2D eigenvalue weighted by Gasteiger charge is -2.19. The van der Waals surface area contributed by atoms with Gasteiger partial charge in [-0.2, -0.15) is 0 Å². The second-order valence-corrected chi connectivity index (χ2v) is 7.20. The molecule has 0 saturated carbocycles. The van der Waals surface area contributed by atoms with Crippen LogP contribution in [-0.2, 0) is 21.2 Å². The molecule has 8 nitrogen and oxygen atoms in total.